The lowest BCUT2D eigenvalue weighted by Crippen LogP contribution is -2.16. The third-order valence-electron chi connectivity index (χ3n) is 3.59. The molecular formula is C18H17N3O3S2. The first-order chi connectivity index (χ1) is 12.4. The van der Waals surface area contributed by atoms with Crippen molar-refractivity contribution in [3.63, 3.8) is 0 Å². The van der Waals surface area contributed by atoms with Crippen molar-refractivity contribution in [3.8, 4) is 0 Å². The number of hydrogen-bond acceptors (Lipinski definition) is 5. The molecule has 0 aliphatic carbocycles. The van der Waals surface area contributed by atoms with Gasteiger partial charge in [0.05, 0.1) is 17.0 Å². The number of aromatic nitrogens is 1. The highest BCUT2D eigenvalue weighted by Gasteiger charge is 2.16. The summed E-state index contributed by atoms with van der Waals surface area (Å²) in [5, 5.41) is 4.73. The van der Waals surface area contributed by atoms with Crippen molar-refractivity contribution >= 4 is 38.1 Å². The molecule has 1 heterocycles. The van der Waals surface area contributed by atoms with Crippen LogP contribution in [0.1, 0.15) is 11.3 Å². The van der Waals surface area contributed by atoms with E-state index in [1.165, 1.54) is 12.1 Å². The Morgan fingerprint density at radius 3 is 2.50 bits per heavy atom. The lowest BCUT2D eigenvalue weighted by atomic mass is 10.2. The Balaban J connectivity index is 1.65. The molecule has 2 aromatic carbocycles. The molecule has 1 amide bonds. The van der Waals surface area contributed by atoms with Crippen LogP contribution in [0.25, 0.3) is 0 Å². The van der Waals surface area contributed by atoms with E-state index >= 15 is 0 Å². The second kappa shape index (κ2) is 7.67. The molecule has 8 heteroatoms. The maximum absolute atomic E-state index is 12.3. The molecule has 0 saturated heterocycles. The average Bonchev–Trinajstić information content (AvgIpc) is 3.04. The monoisotopic (exact) mass is 387 g/mol. The van der Waals surface area contributed by atoms with E-state index in [9.17, 15) is 13.2 Å². The van der Waals surface area contributed by atoms with Gasteiger partial charge in [0.25, 0.3) is 10.0 Å². The van der Waals surface area contributed by atoms with E-state index in [1.54, 1.807) is 23.6 Å². The molecule has 26 heavy (non-hydrogen) atoms. The van der Waals surface area contributed by atoms with Gasteiger partial charge in [-0.25, -0.2) is 13.4 Å². The summed E-state index contributed by atoms with van der Waals surface area (Å²) in [6.45, 7) is 1.91. The van der Waals surface area contributed by atoms with Crippen LogP contribution in [0.5, 0.6) is 0 Å². The SMILES string of the molecule is Cc1ccccc1NC(=O)Cc1csc(NS(=O)(=O)c2ccccc2)n1. The van der Waals surface area contributed by atoms with Crippen molar-refractivity contribution < 1.29 is 13.2 Å². The molecule has 0 radical (unpaired) electrons. The van der Waals surface area contributed by atoms with Crippen LogP contribution in [-0.4, -0.2) is 19.3 Å². The molecule has 0 saturated carbocycles. The van der Waals surface area contributed by atoms with Crippen molar-refractivity contribution in [2.75, 3.05) is 10.0 Å². The maximum atomic E-state index is 12.3. The molecule has 3 aromatic rings. The quantitative estimate of drug-likeness (QED) is 0.678. The van der Waals surface area contributed by atoms with Crippen LogP contribution < -0.4 is 10.0 Å². The van der Waals surface area contributed by atoms with Crippen LogP contribution in [0.15, 0.2) is 64.9 Å². The predicted octanol–water partition coefficient (Wildman–Crippen LogP) is 3.43. The second-order valence-electron chi connectivity index (χ2n) is 5.60. The van der Waals surface area contributed by atoms with Gasteiger partial charge in [-0.05, 0) is 30.7 Å². The highest BCUT2D eigenvalue weighted by molar-refractivity contribution is 7.93. The van der Waals surface area contributed by atoms with Crippen LogP contribution in [0.4, 0.5) is 10.8 Å². The number of anilines is 2. The molecule has 0 aliphatic rings. The van der Waals surface area contributed by atoms with E-state index < -0.39 is 10.0 Å². The Labute approximate surface area is 156 Å². The fourth-order valence-electron chi connectivity index (χ4n) is 2.28. The zero-order valence-corrected chi connectivity index (χ0v) is 15.6. The largest absolute Gasteiger partial charge is 0.326 e. The molecule has 0 unspecified atom stereocenters. The van der Waals surface area contributed by atoms with Gasteiger partial charge in [0, 0.05) is 11.1 Å². The average molecular weight is 387 g/mol. The van der Waals surface area contributed by atoms with Crippen molar-refractivity contribution in [2.45, 2.75) is 18.2 Å². The molecule has 1 aromatic heterocycles. The summed E-state index contributed by atoms with van der Waals surface area (Å²) in [4.78, 5) is 16.5. The topological polar surface area (TPSA) is 88.2 Å². The molecule has 3 rings (SSSR count). The van der Waals surface area contributed by atoms with Crippen molar-refractivity contribution in [2.24, 2.45) is 0 Å². The Morgan fingerprint density at radius 2 is 1.77 bits per heavy atom. The first-order valence-electron chi connectivity index (χ1n) is 7.82. The lowest BCUT2D eigenvalue weighted by Gasteiger charge is -2.07. The number of carbonyl (C=O) groups excluding carboxylic acids is 1. The highest BCUT2D eigenvalue weighted by Crippen LogP contribution is 2.21. The van der Waals surface area contributed by atoms with E-state index in [1.807, 2.05) is 31.2 Å². The Hall–Kier alpha value is -2.71. The minimum atomic E-state index is -3.69. The predicted molar refractivity (Wildman–Crippen MR) is 103 cm³/mol. The second-order valence-corrected chi connectivity index (χ2v) is 8.14. The molecule has 0 fully saturated rings. The van der Waals surface area contributed by atoms with Crippen LogP contribution in [-0.2, 0) is 21.2 Å². The summed E-state index contributed by atoms with van der Waals surface area (Å²) in [6, 6.07) is 15.5. The summed E-state index contributed by atoms with van der Waals surface area (Å²) in [6.07, 6.45) is 0.0674. The number of sulfonamides is 1. The third-order valence-corrected chi connectivity index (χ3v) is 5.88. The molecule has 0 atom stereocenters. The Morgan fingerprint density at radius 1 is 1.08 bits per heavy atom. The molecule has 0 aliphatic heterocycles. The third kappa shape index (κ3) is 4.47. The van der Waals surface area contributed by atoms with E-state index in [2.05, 4.69) is 15.0 Å². The molecular weight excluding hydrogens is 370 g/mol. The van der Waals surface area contributed by atoms with Gasteiger partial charge in [-0.2, -0.15) is 0 Å². The number of aryl methyl sites for hydroxylation is 1. The summed E-state index contributed by atoms with van der Waals surface area (Å²) in [5.74, 6) is -0.206. The van der Waals surface area contributed by atoms with Gasteiger partial charge in [-0.1, -0.05) is 36.4 Å². The normalized spacial score (nSPS) is 11.1. The number of hydrogen-bond donors (Lipinski definition) is 2. The minimum absolute atomic E-state index is 0.0674. The number of amides is 1. The zero-order chi connectivity index (χ0) is 18.6. The van der Waals surface area contributed by atoms with Gasteiger partial charge >= 0.3 is 0 Å². The summed E-state index contributed by atoms with van der Waals surface area (Å²) in [5.41, 5.74) is 2.22. The number of para-hydroxylation sites is 1. The van der Waals surface area contributed by atoms with E-state index in [4.69, 9.17) is 0 Å². The Kier molecular flexibility index (Phi) is 5.34. The maximum Gasteiger partial charge on any atom is 0.263 e. The van der Waals surface area contributed by atoms with Gasteiger partial charge < -0.3 is 5.32 Å². The van der Waals surface area contributed by atoms with Gasteiger partial charge in [-0.15, -0.1) is 11.3 Å². The van der Waals surface area contributed by atoms with Crippen LogP contribution in [0, 0.1) is 6.92 Å². The standard InChI is InChI=1S/C18H17N3O3S2/c1-13-7-5-6-10-16(13)20-17(22)11-14-12-25-18(19-14)21-26(23,24)15-8-3-2-4-9-15/h2-10,12H,11H2,1H3,(H,19,21)(H,20,22). The molecule has 2 N–H and O–H groups in total. The van der Waals surface area contributed by atoms with Crippen LogP contribution in [0.2, 0.25) is 0 Å². The van der Waals surface area contributed by atoms with E-state index in [0.717, 1.165) is 22.6 Å². The van der Waals surface area contributed by atoms with E-state index in [0.29, 0.717) is 5.69 Å². The summed E-state index contributed by atoms with van der Waals surface area (Å²) in [7, 11) is -3.69. The van der Waals surface area contributed by atoms with Gasteiger partial charge in [0.1, 0.15) is 0 Å². The van der Waals surface area contributed by atoms with Crippen LogP contribution in [0.3, 0.4) is 0 Å². The minimum Gasteiger partial charge on any atom is -0.326 e. The highest BCUT2D eigenvalue weighted by atomic mass is 32.2. The van der Waals surface area contributed by atoms with Crippen LogP contribution >= 0.6 is 11.3 Å². The van der Waals surface area contributed by atoms with Gasteiger partial charge in [-0.3, -0.25) is 9.52 Å². The van der Waals surface area contributed by atoms with Gasteiger partial charge in [0.2, 0.25) is 5.91 Å². The summed E-state index contributed by atoms with van der Waals surface area (Å²) >= 11 is 1.14. The first-order valence-corrected chi connectivity index (χ1v) is 10.2. The lowest BCUT2D eigenvalue weighted by molar-refractivity contribution is -0.115. The molecule has 134 valence electrons. The molecule has 0 bridgehead atoms. The number of nitrogens with zero attached hydrogens (tertiary/aromatic N) is 1. The van der Waals surface area contributed by atoms with Crippen molar-refractivity contribution in [1.29, 1.82) is 0 Å². The molecule has 6 nitrogen and oxygen atoms in total. The number of thiazole rings is 1. The smallest absolute Gasteiger partial charge is 0.263 e. The number of nitrogens with one attached hydrogen (secondary N) is 2. The zero-order valence-electron chi connectivity index (χ0n) is 14.0. The van der Waals surface area contributed by atoms with Crippen molar-refractivity contribution in [3.05, 3.63) is 71.2 Å². The Bertz CT molecular complexity index is 1010. The fraction of sp³-hybridized carbons (Fsp3) is 0.111. The fourth-order valence-corrected chi connectivity index (χ4v) is 4.26. The number of rotatable bonds is 6. The van der Waals surface area contributed by atoms with E-state index in [-0.39, 0.29) is 22.4 Å². The number of benzene rings is 2. The number of carbonyl (C=O) groups is 1. The summed E-state index contributed by atoms with van der Waals surface area (Å²) < 4.78 is 27.0. The van der Waals surface area contributed by atoms with Crippen molar-refractivity contribution in [1.82, 2.24) is 4.98 Å². The first kappa shape index (κ1) is 18.1. The molecule has 0 spiro atoms. The van der Waals surface area contributed by atoms with Gasteiger partial charge in [0.15, 0.2) is 5.13 Å².